The second kappa shape index (κ2) is 8.17. The van der Waals surface area contributed by atoms with Crippen LogP contribution in [0.4, 0.5) is 0 Å². The molecule has 30 heavy (non-hydrogen) atoms. The van der Waals surface area contributed by atoms with Crippen molar-refractivity contribution in [2.75, 3.05) is 0 Å². The van der Waals surface area contributed by atoms with E-state index in [0.717, 1.165) is 10.9 Å². The molecule has 0 fully saturated rings. The molecule has 0 atom stereocenters. The van der Waals surface area contributed by atoms with Crippen LogP contribution < -0.4 is 0 Å². The van der Waals surface area contributed by atoms with Crippen LogP contribution >= 0.6 is 11.8 Å². The van der Waals surface area contributed by atoms with E-state index in [4.69, 9.17) is 0 Å². The van der Waals surface area contributed by atoms with Crippen LogP contribution in [0.1, 0.15) is 16.7 Å². The lowest BCUT2D eigenvalue weighted by Crippen LogP contribution is -2.25. The number of hydrogen-bond donors (Lipinski definition) is 0. The largest absolute Gasteiger partial charge is 0.256 e. The highest BCUT2D eigenvalue weighted by Crippen LogP contribution is 2.51. The Bertz CT molecular complexity index is 1150. The molecule has 5 aromatic rings. The van der Waals surface area contributed by atoms with Gasteiger partial charge in [0.2, 0.25) is 0 Å². The number of fused-ring (bicyclic) bond motifs is 1. The summed E-state index contributed by atoms with van der Waals surface area (Å²) in [5.41, 5.74) is 4.81. The number of thioether (sulfide) groups is 1. The van der Waals surface area contributed by atoms with Gasteiger partial charge in [0, 0.05) is 16.5 Å². The molecule has 0 radical (unpaired) electrons. The van der Waals surface area contributed by atoms with Crippen molar-refractivity contribution in [3.63, 3.8) is 0 Å². The molecule has 0 unspecified atom stereocenters. The number of benzene rings is 4. The molecule has 0 aliphatic heterocycles. The molecule has 1 heterocycles. The normalized spacial score (nSPS) is 11.5. The minimum absolute atomic E-state index is 0.361. The minimum Gasteiger partial charge on any atom is -0.256 e. The van der Waals surface area contributed by atoms with Gasteiger partial charge in [0.1, 0.15) is 0 Å². The van der Waals surface area contributed by atoms with Gasteiger partial charge in [-0.25, -0.2) is 0 Å². The van der Waals surface area contributed by atoms with E-state index in [9.17, 15) is 0 Å². The Morgan fingerprint density at radius 3 is 1.60 bits per heavy atom. The van der Waals surface area contributed by atoms with Crippen molar-refractivity contribution in [1.82, 2.24) is 4.98 Å². The first-order valence-corrected chi connectivity index (χ1v) is 10.9. The maximum Gasteiger partial charge on any atom is 0.0954 e. The van der Waals surface area contributed by atoms with Crippen LogP contribution in [0.25, 0.3) is 10.9 Å². The van der Waals surface area contributed by atoms with Crippen LogP contribution in [0, 0.1) is 0 Å². The van der Waals surface area contributed by atoms with E-state index in [0.29, 0.717) is 0 Å². The zero-order chi connectivity index (χ0) is 20.2. The highest BCUT2D eigenvalue weighted by atomic mass is 32.2. The van der Waals surface area contributed by atoms with Gasteiger partial charge in [0.25, 0.3) is 0 Å². The number of rotatable bonds is 5. The standard InChI is InChI=1S/C28H21NS/c1-4-12-23(13-5-1)28(24-14-6-2-7-15-24,25-16-8-3-9-17-25)30-26-18-19-27-22(21-26)11-10-20-29-27/h1-21H. The molecule has 2 heteroatoms. The van der Waals surface area contributed by atoms with Crippen LogP contribution in [-0.4, -0.2) is 4.98 Å². The lowest BCUT2D eigenvalue weighted by Gasteiger charge is -2.35. The topological polar surface area (TPSA) is 12.9 Å². The van der Waals surface area contributed by atoms with E-state index >= 15 is 0 Å². The fourth-order valence-corrected chi connectivity index (χ4v) is 5.43. The Morgan fingerprint density at radius 1 is 0.533 bits per heavy atom. The van der Waals surface area contributed by atoms with Crippen molar-refractivity contribution in [1.29, 1.82) is 0 Å². The monoisotopic (exact) mass is 403 g/mol. The SMILES string of the molecule is c1ccc(C(Sc2ccc3ncccc3c2)(c2ccccc2)c2ccccc2)cc1. The fourth-order valence-electron chi connectivity index (χ4n) is 3.99. The number of nitrogens with zero attached hydrogens (tertiary/aromatic N) is 1. The molecule has 0 saturated carbocycles. The number of aromatic nitrogens is 1. The summed E-state index contributed by atoms with van der Waals surface area (Å²) in [6.45, 7) is 0. The highest BCUT2D eigenvalue weighted by Gasteiger charge is 2.37. The third-order valence-corrected chi connectivity index (χ3v) is 6.89. The van der Waals surface area contributed by atoms with Gasteiger partial charge in [-0.2, -0.15) is 0 Å². The Morgan fingerprint density at radius 2 is 1.07 bits per heavy atom. The van der Waals surface area contributed by atoms with Gasteiger partial charge >= 0.3 is 0 Å². The molecular weight excluding hydrogens is 382 g/mol. The average Bonchev–Trinajstić information content (AvgIpc) is 2.84. The molecule has 1 nitrogen and oxygen atoms in total. The summed E-state index contributed by atoms with van der Waals surface area (Å²) >= 11 is 1.88. The van der Waals surface area contributed by atoms with E-state index in [1.807, 2.05) is 24.0 Å². The first kappa shape index (κ1) is 18.7. The summed E-state index contributed by atoms with van der Waals surface area (Å²) in [7, 11) is 0. The molecule has 144 valence electrons. The lowest BCUT2D eigenvalue weighted by molar-refractivity contribution is 0.894. The van der Waals surface area contributed by atoms with E-state index in [1.54, 1.807) is 0 Å². The number of pyridine rings is 1. The van der Waals surface area contributed by atoms with Gasteiger partial charge in [0.15, 0.2) is 0 Å². The van der Waals surface area contributed by atoms with Gasteiger partial charge in [0.05, 0.1) is 10.3 Å². The third-order valence-electron chi connectivity index (χ3n) is 5.39. The average molecular weight is 404 g/mol. The zero-order valence-corrected chi connectivity index (χ0v) is 17.3. The van der Waals surface area contributed by atoms with E-state index in [1.165, 1.54) is 21.6 Å². The third kappa shape index (κ3) is 3.40. The van der Waals surface area contributed by atoms with Crippen LogP contribution in [0.2, 0.25) is 0 Å². The maximum absolute atomic E-state index is 4.48. The summed E-state index contributed by atoms with van der Waals surface area (Å²) in [6, 6.07) is 43.1. The van der Waals surface area contributed by atoms with Crippen molar-refractivity contribution >= 4 is 22.7 Å². The summed E-state index contributed by atoms with van der Waals surface area (Å²) in [4.78, 5) is 5.70. The maximum atomic E-state index is 4.48. The molecule has 5 rings (SSSR count). The van der Waals surface area contributed by atoms with E-state index in [-0.39, 0.29) is 4.75 Å². The Hall–Kier alpha value is -3.36. The molecule has 0 aliphatic carbocycles. The molecule has 0 amide bonds. The summed E-state index contributed by atoms with van der Waals surface area (Å²) in [5, 5.41) is 1.16. The first-order chi connectivity index (χ1) is 14.9. The van der Waals surface area contributed by atoms with Gasteiger partial charge in [-0.1, -0.05) is 97.1 Å². The summed E-state index contributed by atoms with van der Waals surface area (Å²) in [5.74, 6) is 0. The van der Waals surface area contributed by atoms with Crippen LogP contribution in [-0.2, 0) is 4.75 Å². The Balaban J connectivity index is 1.76. The van der Waals surface area contributed by atoms with E-state index < -0.39 is 0 Å². The van der Waals surface area contributed by atoms with Crippen LogP contribution in [0.15, 0.2) is 132 Å². The molecule has 0 spiro atoms. The second-order valence-corrected chi connectivity index (χ2v) is 8.53. The van der Waals surface area contributed by atoms with Gasteiger partial charge in [-0.15, -0.1) is 11.8 Å². The van der Waals surface area contributed by atoms with Gasteiger partial charge < -0.3 is 0 Å². The molecule has 0 aliphatic rings. The predicted molar refractivity (Wildman–Crippen MR) is 127 cm³/mol. The lowest BCUT2D eigenvalue weighted by atomic mass is 9.84. The summed E-state index contributed by atoms with van der Waals surface area (Å²) < 4.78 is -0.361. The quantitative estimate of drug-likeness (QED) is 0.225. The van der Waals surface area contributed by atoms with Crippen molar-refractivity contribution in [2.24, 2.45) is 0 Å². The van der Waals surface area contributed by atoms with Crippen LogP contribution in [0.3, 0.4) is 0 Å². The molecular formula is C28H21NS. The van der Waals surface area contributed by atoms with Gasteiger partial charge in [-0.05, 0) is 41.0 Å². The molecule has 0 N–H and O–H groups in total. The summed E-state index contributed by atoms with van der Waals surface area (Å²) in [6.07, 6.45) is 1.84. The molecule has 1 aromatic heterocycles. The predicted octanol–water partition coefficient (Wildman–Crippen LogP) is 7.32. The Kier molecular flexibility index (Phi) is 5.08. The molecule has 4 aromatic carbocycles. The van der Waals surface area contributed by atoms with E-state index in [2.05, 4.69) is 120 Å². The smallest absolute Gasteiger partial charge is 0.0954 e. The van der Waals surface area contributed by atoms with Crippen molar-refractivity contribution in [3.05, 3.63) is 144 Å². The molecule has 0 saturated heterocycles. The van der Waals surface area contributed by atoms with Crippen molar-refractivity contribution in [3.8, 4) is 0 Å². The van der Waals surface area contributed by atoms with Crippen LogP contribution in [0.5, 0.6) is 0 Å². The Labute approximate surface area is 181 Å². The second-order valence-electron chi connectivity index (χ2n) is 7.24. The molecule has 0 bridgehead atoms. The number of hydrogen-bond acceptors (Lipinski definition) is 2. The first-order valence-electron chi connectivity index (χ1n) is 10.1. The van der Waals surface area contributed by atoms with Crippen molar-refractivity contribution < 1.29 is 0 Å². The highest BCUT2D eigenvalue weighted by molar-refractivity contribution is 8.00. The van der Waals surface area contributed by atoms with Gasteiger partial charge in [-0.3, -0.25) is 4.98 Å². The van der Waals surface area contributed by atoms with Crippen molar-refractivity contribution in [2.45, 2.75) is 9.64 Å². The fraction of sp³-hybridized carbons (Fsp3) is 0.0357. The zero-order valence-electron chi connectivity index (χ0n) is 16.5. The minimum atomic E-state index is -0.361.